The minimum absolute atomic E-state index is 0.0646. The summed E-state index contributed by atoms with van der Waals surface area (Å²) in [6, 6.07) is 7.87. The average molecular weight is 339 g/mol. The van der Waals surface area contributed by atoms with E-state index in [1.165, 1.54) is 19.2 Å². The summed E-state index contributed by atoms with van der Waals surface area (Å²) in [6.07, 6.45) is 1.64. The largest absolute Gasteiger partial charge is 0.494 e. The number of hydrogen-bond donors (Lipinski definition) is 1. The second-order valence-corrected chi connectivity index (χ2v) is 4.97. The van der Waals surface area contributed by atoms with Crippen LogP contribution in [0, 0.1) is 5.82 Å². The van der Waals surface area contributed by atoms with Gasteiger partial charge >= 0.3 is 0 Å². The molecular formula is C14H12BrFN2O2. The summed E-state index contributed by atoms with van der Waals surface area (Å²) in [4.78, 5) is 15.8. The molecule has 0 aliphatic rings. The molecular weight excluding hydrogens is 327 g/mol. The second-order valence-electron chi connectivity index (χ2n) is 4.05. The summed E-state index contributed by atoms with van der Waals surface area (Å²) in [7, 11) is 1.39. The zero-order valence-electron chi connectivity index (χ0n) is 10.7. The van der Waals surface area contributed by atoms with Gasteiger partial charge in [-0.1, -0.05) is 22.0 Å². The number of ether oxygens (including phenoxy) is 1. The molecule has 20 heavy (non-hydrogen) atoms. The van der Waals surface area contributed by atoms with Crippen molar-refractivity contribution < 1.29 is 13.9 Å². The summed E-state index contributed by atoms with van der Waals surface area (Å²) in [5.74, 6) is -0.153. The number of nitrogens with zero attached hydrogens (tertiary/aromatic N) is 1. The molecule has 1 amide bonds. The Balaban J connectivity index is 2.03. The number of carbonyl (C=O) groups is 1. The van der Waals surface area contributed by atoms with E-state index in [0.29, 0.717) is 11.4 Å². The number of anilines is 1. The van der Waals surface area contributed by atoms with Gasteiger partial charge in [-0.2, -0.15) is 0 Å². The Bertz CT molecular complexity index is 634. The van der Waals surface area contributed by atoms with E-state index in [4.69, 9.17) is 4.74 Å². The highest BCUT2D eigenvalue weighted by molar-refractivity contribution is 9.10. The van der Waals surface area contributed by atoms with Crippen LogP contribution < -0.4 is 10.1 Å². The van der Waals surface area contributed by atoms with Crippen LogP contribution >= 0.6 is 15.9 Å². The lowest BCUT2D eigenvalue weighted by atomic mass is 10.1. The molecule has 6 heteroatoms. The monoisotopic (exact) mass is 338 g/mol. The van der Waals surface area contributed by atoms with Gasteiger partial charge in [-0.3, -0.25) is 4.79 Å². The molecule has 2 rings (SSSR count). The number of hydrogen-bond acceptors (Lipinski definition) is 3. The lowest BCUT2D eigenvalue weighted by Crippen LogP contribution is -2.15. The maximum absolute atomic E-state index is 13.5. The summed E-state index contributed by atoms with van der Waals surface area (Å²) in [6.45, 7) is 0. The normalized spacial score (nSPS) is 10.2. The van der Waals surface area contributed by atoms with E-state index in [0.717, 1.165) is 4.47 Å². The van der Waals surface area contributed by atoms with E-state index < -0.39 is 5.82 Å². The Morgan fingerprint density at radius 3 is 2.85 bits per heavy atom. The third-order valence-electron chi connectivity index (χ3n) is 2.57. The number of amides is 1. The van der Waals surface area contributed by atoms with E-state index in [1.54, 1.807) is 24.4 Å². The Morgan fingerprint density at radius 2 is 2.20 bits per heavy atom. The van der Waals surface area contributed by atoms with Gasteiger partial charge in [0.15, 0.2) is 11.6 Å². The van der Waals surface area contributed by atoms with Crippen molar-refractivity contribution in [2.75, 3.05) is 12.4 Å². The topological polar surface area (TPSA) is 51.2 Å². The van der Waals surface area contributed by atoms with Crippen LogP contribution in [0.25, 0.3) is 0 Å². The van der Waals surface area contributed by atoms with E-state index in [2.05, 4.69) is 26.2 Å². The molecule has 0 fully saturated rings. The molecule has 0 aliphatic heterocycles. The first kappa shape index (κ1) is 14.5. The van der Waals surface area contributed by atoms with Crippen LogP contribution in [0.15, 0.2) is 41.0 Å². The number of benzene rings is 1. The lowest BCUT2D eigenvalue weighted by molar-refractivity contribution is -0.115. The molecule has 0 radical (unpaired) electrons. The highest BCUT2D eigenvalue weighted by Crippen LogP contribution is 2.18. The zero-order chi connectivity index (χ0) is 14.5. The van der Waals surface area contributed by atoms with Gasteiger partial charge in [0.25, 0.3) is 0 Å². The minimum atomic E-state index is -0.488. The van der Waals surface area contributed by atoms with Crippen molar-refractivity contribution in [3.8, 4) is 5.75 Å². The lowest BCUT2D eigenvalue weighted by Gasteiger charge is -2.06. The molecule has 0 spiro atoms. The summed E-state index contributed by atoms with van der Waals surface area (Å²) >= 11 is 3.29. The molecule has 1 N–H and O–H groups in total. The molecule has 0 saturated heterocycles. The molecule has 0 saturated carbocycles. The molecule has 4 nitrogen and oxygen atoms in total. The first-order chi connectivity index (χ1) is 9.58. The average Bonchev–Trinajstić information content (AvgIpc) is 2.38. The standard InChI is InChI=1S/C14H12BrFN2O2/c1-20-12-3-2-9(6-11(12)16)7-14(19)18-13-8-10(15)4-5-17-13/h2-6,8H,7H2,1H3,(H,17,18,19). The van der Waals surface area contributed by atoms with Crippen molar-refractivity contribution in [3.63, 3.8) is 0 Å². The molecule has 1 heterocycles. The number of carbonyl (C=O) groups excluding carboxylic acids is 1. The zero-order valence-corrected chi connectivity index (χ0v) is 12.3. The van der Waals surface area contributed by atoms with Crippen LogP contribution in [0.5, 0.6) is 5.75 Å². The number of halogens is 2. The molecule has 0 bridgehead atoms. The Labute approximate surface area is 124 Å². The SMILES string of the molecule is COc1ccc(CC(=O)Nc2cc(Br)ccn2)cc1F. The van der Waals surface area contributed by atoms with Crippen LogP contribution in [-0.2, 0) is 11.2 Å². The number of methoxy groups -OCH3 is 1. The van der Waals surface area contributed by atoms with E-state index in [1.807, 2.05) is 0 Å². The van der Waals surface area contributed by atoms with Crippen LogP contribution in [0.3, 0.4) is 0 Å². The van der Waals surface area contributed by atoms with Crippen molar-refractivity contribution in [1.82, 2.24) is 4.98 Å². The summed E-state index contributed by atoms with van der Waals surface area (Å²) in [5.41, 5.74) is 0.566. The number of pyridine rings is 1. The first-order valence-corrected chi connectivity index (χ1v) is 6.61. The quantitative estimate of drug-likeness (QED) is 0.931. The molecule has 0 aliphatic carbocycles. The molecule has 0 atom stereocenters. The van der Waals surface area contributed by atoms with Crippen molar-refractivity contribution in [2.45, 2.75) is 6.42 Å². The number of aromatic nitrogens is 1. The minimum Gasteiger partial charge on any atom is -0.494 e. The number of nitrogens with one attached hydrogen (secondary N) is 1. The van der Waals surface area contributed by atoms with Crippen molar-refractivity contribution in [2.24, 2.45) is 0 Å². The predicted octanol–water partition coefficient (Wildman–Crippen LogP) is 3.17. The van der Waals surface area contributed by atoms with Gasteiger partial charge in [0.05, 0.1) is 13.5 Å². The van der Waals surface area contributed by atoms with Crippen LogP contribution in [0.1, 0.15) is 5.56 Å². The van der Waals surface area contributed by atoms with Gasteiger partial charge in [0.2, 0.25) is 5.91 Å². The van der Waals surface area contributed by atoms with Gasteiger partial charge in [0.1, 0.15) is 5.82 Å². The van der Waals surface area contributed by atoms with Crippen molar-refractivity contribution in [1.29, 1.82) is 0 Å². The van der Waals surface area contributed by atoms with Crippen LogP contribution in [0.2, 0.25) is 0 Å². The Hall–Kier alpha value is -1.95. The first-order valence-electron chi connectivity index (χ1n) is 5.82. The molecule has 2 aromatic rings. The van der Waals surface area contributed by atoms with Crippen LogP contribution in [-0.4, -0.2) is 18.0 Å². The second kappa shape index (κ2) is 6.47. The smallest absolute Gasteiger partial charge is 0.229 e. The van der Waals surface area contributed by atoms with Crippen molar-refractivity contribution >= 4 is 27.7 Å². The Morgan fingerprint density at radius 1 is 1.40 bits per heavy atom. The van der Waals surface area contributed by atoms with Crippen molar-refractivity contribution in [3.05, 3.63) is 52.4 Å². The van der Waals surface area contributed by atoms with Gasteiger partial charge in [0, 0.05) is 10.7 Å². The highest BCUT2D eigenvalue weighted by atomic mass is 79.9. The third kappa shape index (κ3) is 3.77. The predicted molar refractivity (Wildman–Crippen MR) is 77.2 cm³/mol. The fourth-order valence-corrected chi connectivity index (χ4v) is 2.00. The van der Waals surface area contributed by atoms with E-state index >= 15 is 0 Å². The fourth-order valence-electron chi connectivity index (χ4n) is 1.67. The summed E-state index contributed by atoms with van der Waals surface area (Å²) < 4.78 is 19.1. The van der Waals surface area contributed by atoms with Gasteiger partial charge in [-0.15, -0.1) is 0 Å². The highest BCUT2D eigenvalue weighted by Gasteiger charge is 2.08. The maximum Gasteiger partial charge on any atom is 0.229 e. The summed E-state index contributed by atoms with van der Waals surface area (Å²) in [5, 5.41) is 2.65. The van der Waals surface area contributed by atoms with E-state index in [-0.39, 0.29) is 18.1 Å². The number of rotatable bonds is 4. The molecule has 1 aromatic carbocycles. The Kier molecular flexibility index (Phi) is 4.68. The van der Waals surface area contributed by atoms with Gasteiger partial charge in [-0.25, -0.2) is 9.37 Å². The van der Waals surface area contributed by atoms with Crippen LogP contribution in [0.4, 0.5) is 10.2 Å². The molecule has 104 valence electrons. The fraction of sp³-hybridized carbons (Fsp3) is 0.143. The van der Waals surface area contributed by atoms with Gasteiger partial charge < -0.3 is 10.1 Å². The molecule has 0 unspecified atom stereocenters. The van der Waals surface area contributed by atoms with Gasteiger partial charge in [-0.05, 0) is 29.8 Å². The third-order valence-corrected chi connectivity index (χ3v) is 3.06. The maximum atomic E-state index is 13.5. The van der Waals surface area contributed by atoms with E-state index in [9.17, 15) is 9.18 Å². The molecule has 1 aromatic heterocycles.